The fourth-order valence-corrected chi connectivity index (χ4v) is 14.7. The summed E-state index contributed by atoms with van der Waals surface area (Å²) in [6, 6.07) is -7.89. The number of fused-ring (bicyclic) bond motifs is 2. The summed E-state index contributed by atoms with van der Waals surface area (Å²) in [7, 11) is 8.52. The molecule has 6 rings (SSSR count). The first-order chi connectivity index (χ1) is 46.0. The quantitative estimate of drug-likeness (QED) is 0.203. The number of alkyl halides is 3. The minimum Gasteiger partial charge on any atom is -0.343 e. The van der Waals surface area contributed by atoms with Gasteiger partial charge in [-0.3, -0.25) is 57.5 Å². The average Bonchev–Trinajstić information content (AvgIpc) is 0.932. The molecule has 5 fully saturated rings. The zero-order chi connectivity index (χ0) is 73.0. The lowest BCUT2D eigenvalue weighted by atomic mass is 9.91. The molecule has 28 heteroatoms. The highest BCUT2D eigenvalue weighted by molar-refractivity contribution is 6.31. The Morgan fingerprint density at radius 3 is 1.87 bits per heavy atom. The fraction of sp³-hybridized carbons (Fsp3) is 0.743. The minimum absolute atomic E-state index is 0.0301. The molecule has 98 heavy (non-hydrogen) atoms. The van der Waals surface area contributed by atoms with Gasteiger partial charge in [0.15, 0.2) is 0 Å². The number of carbonyl (C=O) groups is 12. The van der Waals surface area contributed by atoms with Crippen molar-refractivity contribution in [3.63, 3.8) is 0 Å². The van der Waals surface area contributed by atoms with Crippen LogP contribution in [0.4, 0.5) is 13.2 Å². The summed E-state index contributed by atoms with van der Waals surface area (Å²) < 4.78 is 41.5. The van der Waals surface area contributed by atoms with Gasteiger partial charge in [0, 0.05) is 68.5 Å². The Labute approximate surface area is 581 Å². The lowest BCUT2D eigenvalue weighted by Crippen LogP contribution is -2.65. The number of unbranched alkanes of at least 4 members (excludes halogenated alkanes) is 2. The summed E-state index contributed by atoms with van der Waals surface area (Å²) in [6.45, 7) is 14.5. The van der Waals surface area contributed by atoms with Crippen molar-refractivity contribution < 1.29 is 70.7 Å². The number of benzene rings is 1. The van der Waals surface area contributed by atoms with Crippen LogP contribution in [0.2, 0.25) is 5.02 Å². The second kappa shape index (κ2) is 34.8. The summed E-state index contributed by atoms with van der Waals surface area (Å²) in [5.74, 6) is -9.02. The van der Waals surface area contributed by atoms with E-state index >= 15 is 14.4 Å². The highest BCUT2D eigenvalue weighted by Gasteiger charge is 2.51. The zero-order valence-electron chi connectivity index (χ0n) is 60.1. The van der Waals surface area contributed by atoms with Crippen molar-refractivity contribution >= 4 is 82.5 Å². The first-order valence-corrected chi connectivity index (χ1v) is 35.7. The van der Waals surface area contributed by atoms with Gasteiger partial charge in [0.1, 0.15) is 59.9 Å². The van der Waals surface area contributed by atoms with Crippen molar-refractivity contribution in [2.24, 2.45) is 17.8 Å². The van der Waals surface area contributed by atoms with Crippen LogP contribution < -0.4 is 16.0 Å². The molecule has 4 heterocycles. The summed E-state index contributed by atoms with van der Waals surface area (Å²) in [6.07, 6.45) is 1.24. The van der Waals surface area contributed by atoms with Crippen molar-refractivity contribution in [3.05, 3.63) is 34.3 Å². The van der Waals surface area contributed by atoms with E-state index in [1.807, 2.05) is 27.7 Å². The largest absolute Gasteiger partial charge is 0.417 e. The number of carbonyl (C=O) groups excluding carboxylic acids is 12. The summed E-state index contributed by atoms with van der Waals surface area (Å²) in [5.41, 5.74) is -2.36. The number of nitrogens with one attached hydrogen (secondary N) is 3. The van der Waals surface area contributed by atoms with Crippen molar-refractivity contribution in [2.75, 3.05) is 75.0 Å². The van der Waals surface area contributed by atoms with Crippen LogP contribution in [0.25, 0.3) is 0 Å². The molecule has 548 valence electrons. The minimum atomic E-state index is -4.76. The molecule has 0 unspecified atom stereocenters. The predicted octanol–water partition coefficient (Wildman–Crippen LogP) is 5.64. The molecular formula is C70H108ClF3N12O12. The van der Waals surface area contributed by atoms with Gasteiger partial charge >= 0.3 is 6.18 Å². The van der Waals surface area contributed by atoms with E-state index in [9.17, 15) is 56.3 Å². The van der Waals surface area contributed by atoms with Gasteiger partial charge in [-0.2, -0.15) is 13.2 Å². The molecule has 1 aromatic rings. The molecule has 24 nitrogen and oxygen atoms in total. The normalized spacial score (nSPS) is 27.0. The Hall–Kier alpha value is -7.06. The number of likely N-dealkylation sites (tertiary alicyclic amines) is 1. The maximum absolute atomic E-state index is 15.4. The summed E-state index contributed by atoms with van der Waals surface area (Å²) >= 11 is 6.14. The third-order valence-electron chi connectivity index (χ3n) is 21.0. The molecule has 0 radical (unpaired) electrons. The fourth-order valence-electron chi connectivity index (χ4n) is 14.4. The maximum Gasteiger partial charge on any atom is 0.417 e. The Kier molecular flexibility index (Phi) is 28.4. The van der Waals surface area contributed by atoms with Crippen LogP contribution in [0.1, 0.15) is 182 Å². The van der Waals surface area contributed by atoms with E-state index < -0.39 is 172 Å². The summed E-state index contributed by atoms with van der Waals surface area (Å²) in [5, 5.41) is 8.10. The summed E-state index contributed by atoms with van der Waals surface area (Å²) in [4.78, 5) is 190. The van der Waals surface area contributed by atoms with Gasteiger partial charge in [0.05, 0.1) is 23.6 Å². The number of nitrogens with zero attached hydrogens (tertiary/aromatic N) is 9. The van der Waals surface area contributed by atoms with E-state index in [0.29, 0.717) is 70.0 Å². The average molecular weight is 1400 g/mol. The second-order valence-corrected chi connectivity index (χ2v) is 29.1. The number of halogens is 4. The molecular weight excluding hydrogens is 1290 g/mol. The molecule has 4 saturated heterocycles. The van der Waals surface area contributed by atoms with Gasteiger partial charge in [-0.05, 0) is 119 Å². The molecule has 0 aromatic heterocycles. The lowest BCUT2D eigenvalue weighted by Gasteiger charge is -2.45. The van der Waals surface area contributed by atoms with E-state index in [-0.39, 0.29) is 70.4 Å². The van der Waals surface area contributed by atoms with Crippen LogP contribution >= 0.6 is 11.6 Å². The first-order valence-electron chi connectivity index (χ1n) is 35.3. The third kappa shape index (κ3) is 18.9. The topological polar surface area (TPSA) is 270 Å². The molecule has 1 aliphatic carbocycles. The van der Waals surface area contributed by atoms with E-state index in [2.05, 4.69) is 16.0 Å². The van der Waals surface area contributed by atoms with Crippen LogP contribution in [0.15, 0.2) is 18.2 Å². The molecule has 12 amide bonds. The first kappa shape index (κ1) is 79.9. The molecule has 1 spiro atoms. The third-order valence-corrected chi connectivity index (χ3v) is 21.3. The van der Waals surface area contributed by atoms with Gasteiger partial charge in [0.25, 0.3) is 0 Å². The van der Waals surface area contributed by atoms with E-state index in [1.165, 1.54) is 89.6 Å². The van der Waals surface area contributed by atoms with Gasteiger partial charge in [-0.25, -0.2) is 0 Å². The Morgan fingerprint density at radius 2 is 1.30 bits per heavy atom. The second-order valence-electron chi connectivity index (χ2n) is 28.7. The molecule has 10 atom stereocenters. The van der Waals surface area contributed by atoms with Crippen LogP contribution in [0.5, 0.6) is 0 Å². The van der Waals surface area contributed by atoms with Crippen molar-refractivity contribution in [3.8, 4) is 0 Å². The number of hydrogen-bond acceptors (Lipinski definition) is 12. The van der Waals surface area contributed by atoms with Crippen molar-refractivity contribution in [1.82, 2.24) is 60.0 Å². The van der Waals surface area contributed by atoms with Gasteiger partial charge in [0.2, 0.25) is 70.9 Å². The number of likely N-dealkylation sites (N-methyl/N-ethyl adjacent to an activating group) is 6. The Bertz CT molecular complexity index is 3070. The van der Waals surface area contributed by atoms with Crippen molar-refractivity contribution in [1.29, 1.82) is 0 Å². The number of aryl methyl sites for hydroxylation is 1. The van der Waals surface area contributed by atoms with E-state index in [0.717, 1.165) is 29.9 Å². The van der Waals surface area contributed by atoms with Crippen LogP contribution in [-0.2, 0) is 70.1 Å². The highest BCUT2D eigenvalue weighted by atomic mass is 35.5. The number of hydrogen-bond donors (Lipinski definition) is 3. The molecule has 0 bridgehead atoms. The zero-order valence-corrected chi connectivity index (χ0v) is 60.8. The van der Waals surface area contributed by atoms with Crippen LogP contribution in [0.3, 0.4) is 0 Å². The van der Waals surface area contributed by atoms with Gasteiger partial charge in [-0.15, -0.1) is 0 Å². The standard InChI is InChI=1S/C70H108ClF3N12O12/c1-15-17-19-25-51-63(93)78(9)41-55(87)75-49(30-28-46-27-29-47(48(71)39-46)70(72,73)74)62(92)85-36-24-26-50(85)60(90)77-69(32-20-21-33-69)68(98)83(14)58(43(5)6)67(97)82(13)54(65(95)84-34-22-18-23-35-84)40-56(88)80(11)53(38-42(3)4)59(89)76-57(44(7)16-2)66(96)79(10)45(8)61(91)86-37-31-52(86)64(94)81(51)12/h27,29,39,42-45,49-54,57-58H,15-26,28,30-38,40-41H2,1-14H3,(H,75,87)(H,76,89)(H,77,90)/t44-,45-,49-,50-,51-,52-,53-,54-,57-,58-/m0/s1. The number of rotatable bonds is 13. The molecule has 1 aromatic carbocycles. The predicted molar refractivity (Wildman–Crippen MR) is 362 cm³/mol. The maximum atomic E-state index is 15.4. The Balaban J connectivity index is 1.43. The molecule has 5 aliphatic rings. The van der Waals surface area contributed by atoms with E-state index in [1.54, 1.807) is 25.7 Å². The monoisotopic (exact) mass is 1400 g/mol. The van der Waals surface area contributed by atoms with Crippen molar-refractivity contribution in [2.45, 2.75) is 243 Å². The van der Waals surface area contributed by atoms with Crippen LogP contribution in [0, 0.1) is 17.8 Å². The molecule has 3 N–H and O–H groups in total. The smallest absolute Gasteiger partial charge is 0.343 e. The number of piperidine rings is 1. The van der Waals surface area contributed by atoms with Crippen LogP contribution in [-0.4, -0.2) is 250 Å². The van der Waals surface area contributed by atoms with Gasteiger partial charge in [-0.1, -0.05) is 105 Å². The van der Waals surface area contributed by atoms with Gasteiger partial charge < -0.3 is 60.0 Å². The highest BCUT2D eigenvalue weighted by Crippen LogP contribution is 2.37. The molecule has 1 saturated carbocycles. The van der Waals surface area contributed by atoms with E-state index in [4.69, 9.17) is 11.6 Å². The Morgan fingerprint density at radius 1 is 0.653 bits per heavy atom. The SMILES string of the molecule is CCCCC[C@H]1C(=O)N(C)CC(=O)N[C@@H](CCc2ccc(C(F)(F)F)c(Cl)c2)C(=O)N2CCC[C@H]2C(=O)NC2(CCCC2)C(=O)N(C)[C@@H](C(C)C)C(=O)N(C)[C@H](C(=O)N2CCCCC2)CC(=O)N(C)[C@@H](CC(C)C)C(=O)N[C@@H]([C@@H](C)CC)C(=O)N(C)[C@@H](C)C(=O)N2CC[C@H]2C(=O)N1C. The lowest BCUT2D eigenvalue weighted by molar-refractivity contribution is -0.160. The number of amides is 12. The molecule has 4 aliphatic heterocycles.